The van der Waals surface area contributed by atoms with E-state index < -0.39 is 0 Å². The molecule has 2 aromatic carbocycles. The predicted molar refractivity (Wildman–Crippen MR) is 91.7 cm³/mol. The number of hydrogen-bond donors (Lipinski definition) is 1. The molecule has 1 nitrogen and oxygen atoms in total. The molecule has 0 aromatic heterocycles. The zero-order valence-corrected chi connectivity index (χ0v) is 13.5. The first kappa shape index (κ1) is 15.8. The van der Waals surface area contributed by atoms with E-state index in [1.165, 1.54) is 30.4 Å². The Morgan fingerprint density at radius 1 is 0.857 bits per heavy atom. The second kappa shape index (κ2) is 7.42. The molecule has 0 atom stereocenters. The summed E-state index contributed by atoms with van der Waals surface area (Å²) in [5.41, 5.74) is 3.06. The first-order valence-corrected chi connectivity index (χ1v) is 7.91. The zero-order chi connectivity index (χ0) is 15.1. The van der Waals surface area contributed by atoms with Crippen molar-refractivity contribution in [1.29, 1.82) is 0 Å². The summed E-state index contributed by atoms with van der Waals surface area (Å²) in [5, 5.41) is 3.39. The summed E-state index contributed by atoms with van der Waals surface area (Å²) in [7, 11) is 2.05. The molecular weight excluding hydrogens is 254 g/mol. The third kappa shape index (κ3) is 4.71. The Morgan fingerprint density at radius 2 is 1.33 bits per heavy atom. The van der Waals surface area contributed by atoms with E-state index in [1.807, 2.05) is 7.05 Å². The van der Waals surface area contributed by atoms with Crippen LogP contribution in [0.5, 0.6) is 0 Å². The van der Waals surface area contributed by atoms with Crippen molar-refractivity contribution < 1.29 is 0 Å². The summed E-state index contributed by atoms with van der Waals surface area (Å²) >= 11 is 0. The van der Waals surface area contributed by atoms with Crippen LogP contribution >= 0.6 is 0 Å². The van der Waals surface area contributed by atoms with Crippen molar-refractivity contribution in [3.63, 3.8) is 0 Å². The molecule has 0 saturated carbocycles. The second-order valence-corrected chi connectivity index (χ2v) is 6.40. The van der Waals surface area contributed by atoms with Gasteiger partial charge in [-0.25, -0.2) is 0 Å². The Balaban J connectivity index is 2.11. The molecule has 2 rings (SSSR count). The number of rotatable bonds is 7. The molecule has 2 aromatic rings. The SMILES string of the molecule is CNC(C)(C)CCCC(c1ccccc1)c1ccccc1. The van der Waals surface area contributed by atoms with Gasteiger partial charge in [-0.15, -0.1) is 0 Å². The average Bonchev–Trinajstić information content (AvgIpc) is 2.53. The molecule has 0 unspecified atom stereocenters. The topological polar surface area (TPSA) is 12.0 Å². The fraction of sp³-hybridized carbons (Fsp3) is 0.400. The van der Waals surface area contributed by atoms with E-state index in [4.69, 9.17) is 0 Å². The maximum absolute atomic E-state index is 3.39. The molecule has 0 bridgehead atoms. The fourth-order valence-corrected chi connectivity index (χ4v) is 2.77. The van der Waals surface area contributed by atoms with Crippen LogP contribution in [-0.4, -0.2) is 12.6 Å². The maximum atomic E-state index is 3.39. The minimum absolute atomic E-state index is 0.220. The Bertz CT molecular complexity index is 477. The highest BCUT2D eigenvalue weighted by molar-refractivity contribution is 5.32. The molecule has 0 aliphatic carbocycles. The van der Waals surface area contributed by atoms with Gasteiger partial charge in [0.2, 0.25) is 0 Å². The van der Waals surface area contributed by atoms with Crippen LogP contribution < -0.4 is 5.32 Å². The zero-order valence-electron chi connectivity index (χ0n) is 13.5. The van der Waals surface area contributed by atoms with Gasteiger partial charge < -0.3 is 5.32 Å². The third-order valence-electron chi connectivity index (χ3n) is 4.38. The van der Waals surface area contributed by atoms with Crippen molar-refractivity contribution in [3.05, 3.63) is 71.8 Å². The fourth-order valence-electron chi connectivity index (χ4n) is 2.77. The highest BCUT2D eigenvalue weighted by atomic mass is 14.9. The lowest BCUT2D eigenvalue weighted by molar-refractivity contribution is 0.373. The largest absolute Gasteiger partial charge is 0.315 e. The monoisotopic (exact) mass is 281 g/mol. The van der Waals surface area contributed by atoms with Crippen LogP contribution in [-0.2, 0) is 0 Å². The van der Waals surface area contributed by atoms with Crippen molar-refractivity contribution >= 4 is 0 Å². The summed E-state index contributed by atoms with van der Waals surface area (Å²) in [4.78, 5) is 0. The summed E-state index contributed by atoms with van der Waals surface area (Å²) in [6, 6.07) is 21.8. The smallest absolute Gasteiger partial charge is 0.0122 e. The van der Waals surface area contributed by atoms with Gasteiger partial charge in [0, 0.05) is 11.5 Å². The molecule has 0 heterocycles. The Hall–Kier alpha value is -1.60. The van der Waals surface area contributed by atoms with Gasteiger partial charge in [0.05, 0.1) is 0 Å². The van der Waals surface area contributed by atoms with Gasteiger partial charge in [-0.05, 0) is 44.9 Å². The summed E-state index contributed by atoms with van der Waals surface area (Å²) in [6.07, 6.45) is 3.61. The molecule has 0 saturated heterocycles. The van der Waals surface area contributed by atoms with Crippen LogP contribution in [0.15, 0.2) is 60.7 Å². The first-order chi connectivity index (χ1) is 10.1. The first-order valence-electron chi connectivity index (χ1n) is 7.91. The van der Waals surface area contributed by atoms with Gasteiger partial charge in [-0.2, -0.15) is 0 Å². The van der Waals surface area contributed by atoms with Crippen molar-refractivity contribution in [1.82, 2.24) is 5.32 Å². The van der Waals surface area contributed by atoms with Crippen molar-refractivity contribution in [2.75, 3.05) is 7.05 Å². The molecule has 0 aliphatic rings. The van der Waals surface area contributed by atoms with Gasteiger partial charge in [0.15, 0.2) is 0 Å². The van der Waals surface area contributed by atoms with Crippen LogP contribution in [0.25, 0.3) is 0 Å². The molecule has 0 fully saturated rings. The predicted octanol–water partition coefficient (Wildman–Crippen LogP) is 4.99. The van der Waals surface area contributed by atoms with Gasteiger partial charge >= 0.3 is 0 Å². The Morgan fingerprint density at radius 3 is 1.76 bits per heavy atom. The molecule has 0 spiro atoms. The average molecular weight is 281 g/mol. The molecule has 1 heteroatoms. The van der Waals surface area contributed by atoms with Crippen LogP contribution in [0.2, 0.25) is 0 Å². The van der Waals surface area contributed by atoms with Crippen LogP contribution in [0, 0.1) is 0 Å². The van der Waals surface area contributed by atoms with E-state index in [0.717, 1.165) is 0 Å². The standard InChI is InChI=1S/C20H27N/c1-20(2,21-3)16-10-15-19(17-11-6-4-7-12-17)18-13-8-5-9-14-18/h4-9,11-14,19,21H,10,15-16H2,1-3H3. The summed E-state index contributed by atoms with van der Waals surface area (Å²) in [5.74, 6) is 0.500. The summed E-state index contributed by atoms with van der Waals surface area (Å²) in [6.45, 7) is 4.54. The quantitative estimate of drug-likeness (QED) is 0.754. The minimum Gasteiger partial charge on any atom is -0.315 e. The van der Waals surface area contributed by atoms with Gasteiger partial charge in [-0.3, -0.25) is 0 Å². The van der Waals surface area contributed by atoms with Gasteiger partial charge in [-0.1, -0.05) is 67.1 Å². The minimum atomic E-state index is 0.220. The highest BCUT2D eigenvalue weighted by Gasteiger charge is 2.17. The molecule has 0 amide bonds. The van der Waals surface area contributed by atoms with Gasteiger partial charge in [0.25, 0.3) is 0 Å². The molecule has 1 N–H and O–H groups in total. The van der Waals surface area contributed by atoms with E-state index >= 15 is 0 Å². The molecule has 0 aliphatic heterocycles. The normalized spacial score (nSPS) is 11.8. The summed E-state index contributed by atoms with van der Waals surface area (Å²) < 4.78 is 0. The van der Waals surface area contributed by atoms with Gasteiger partial charge in [0.1, 0.15) is 0 Å². The van der Waals surface area contributed by atoms with E-state index in [1.54, 1.807) is 0 Å². The highest BCUT2D eigenvalue weighted by Crippen LogP contribution is 2.30. The molecular formula is C20H27N. The second-order valence-electron chi connectivity index (χ2n) is 6.40. The maximum Gasteiger partial charge on any atom is 0.0122 e. The van der Waals surface area contributed by atoms with Crippen LogP contribution in [0.1, 0.15) is 50.2 Å². The van der Waals surface area contributed by atoms with Crippen molar-refractivity contribution in [2.24, 2.45) is 0 Å². The number of nitrogens with one attached hydrogen (secondary N) is 1. The van der Waals surface area contributed by atoms with Crippen molar-refractivity contribution in [3.8, 4) is 0 Å². The number of hydrogen-bond acceptors (Lipinski definition) is 1. The number of benzene rings is 2. The van der Waals surface area contributed by atoms with Crippen LogP contribution in [0.4, 0.5) is 0 Å². The van der Waals surface area contributed by atoms with Crippen molar-refractivity contribution in [2.45, 2.75) is 44.6 Å². The van der Waals surface area contributed by atoms with Crippen LogP contribution in [0.3, 0.4) is 0 Å². The molecule has 0 radical (unpaired) electrons. The Labute approximate surface area is 129 Å². The van der Waals surface area contributed by atoms with E-state index in [2.05, 4.69) is 79.8 Å². The van der Waals surface area contributed by atoms with E-state index in [9.17, 15) is 0 Å². The Kier molecular flexibility index (Phi) is 5.58. The lowest BCUT2D eigenvalue weighted by Crippen LogP contribution is -2.35. The lowest BCUT2D eigenvalue weighted by Gasteiger charge is -2.25. The van der Waals surface area contributed by atoms with E-state index in [-0.39, 0.29) is 5.54 Å². The third-order valence-corrected chi connectivity index (χ3v) is 4.38. The van der Waals surface area contributed by atoms with E-state index in [0.29, 0.717) is 5.92 Å². The lowest BCUT2D eigenvalue weighted by atomic mass is 9.85. The molecule has 112 valence electrons. The molecule has 21 heavy (non-hydrogen) atoms.